The molecular formula is C19H14F2N4O2. The number of imidazole rings is 1. The van der Waals surface area contributed by atoms with Gasteiger partial charge in [-0.2, -0.15) is 13.9 Å². The predicted octanol–water partition coefficient (Wildman–Crippen LogP) is 3.97. The third-order valence-electron chi connectivity index (χ3n) is 4.04. The van der Waals surface area contributed by atoms with Gasteiger partial charge in [-0.1, -0.05) is 30.3 Å². The fourth-order valence-electron chi connectivity index (χ4n) is 2.78. The third-order valence-corrected chi connectivity index (χ3v) is 4.04. The van der Waals surface area contributed by atoms with Gasteiger partial charge in [0.2, 0.25) is 0 Å². The number of fused-ring (bicyclic) bond motifs is 1. The molecule has 2 aromatic heterocycles. The monoisotopic (exact) mass is 368 g/mol. The van der Waals surface area contributed by atoms with Crippen molar-refractivity contribution in [2.75, 3.05) is 0 Å². The minimum Gasteiger partial charge on any atom is -0.454 e. The average Bonchev–Trinajstić information content (AvgIpc) is 3.31. The van der Waals surface area contributed by atoms with Crippen molar-refractivity contribution in [1.82, 2.24) is 19.3 Å². The molecule has 8 heteroatoms. The van der Waals surface area contributed by atoms with Crippen molar-refractivity contribution in [2.45, 2.75) is 13.2 Å². The molecular weight excluding hydrogens is 354 g/mol. The van der Waals surface area contributed by atoms with E-state index < -0.39 is 12.5 Å². The van der Waals surface area contributed by atoms with Gasteiger partial charge < -0.3 is 4.74 Å². The summed E-state index contributed by atoms with van der Waals surface area (Å²) in [5, 5.41) is 4.12. The van der Waals surface area contributed by atoms with Crippen molar-refractivity contribution in [3.63, 3.8) is 0 Å². The number of halogens is 2. The van der Waals surface area contributed by atoms with E-state index in [1.807, 2.05) is 30.3 Å². The maximum atomic E-state index is 13.4. The maximum absolute atomic E-state index is 13.4. The molecule has 0 radical (unpaired) electrons. The Bertz CT molecular complexity index is 1090. The quantitative estimate of drug-likeness (QED) is 0.500. The van der Waals surface area contributed by atoms with Gasteiger partial charge in [0, 0.05) is 6.20 Å². The Morgan fingerprint density at radius 3 is 2.59 bits per heavy atom. The Balaban J connectivity index is 1.53. The van der Waals surface area contributed by atoms with Crippen LogP contribution in [0.5, 0.6) is 0 Å². The number of para-hydroxylation sites is 3. The molecule has 0 aliphatic rings. The van der Waals surface area contributed by atoms with E-state index in [9.17, 15) is 13.6 Å². The van der Waals surface area contributed by atoms with Crippen LogP contribution in [0.3, 0.4) is 0 Å². The largest absolute Gasteiger partial charge is 0.454 e. The number of rotatable bonds is 5. The number of hydrogen-bond acceptors (Lipinski definition) is 4. The van der Waals surface area contributed by atoms with Crippen molar-refractivity contribution in [3.8, 4) is 5.69 Å². The van der Waals surface area contributed by atoms with Gasteiger partial charge >= 0.3 is 12.5 Å². The molecule has 0 spiro atoms. The smallest absolute Gasteiger partial charge is 0.341 e. The summed E-state index contributed by atoms with van der Waals surface area (Å²) in [6, 6.07) is 15.8. The van der Waals surface area contributed by atoms with Crippen LogP contribution in [0.25, 0.3) is 16.7 Å². The van der Waals surface area contributed by atoms with Crippen LogP contribution in [0, 0.1) is 0 Å². The van der Waals surface area contributed by atoms with E-state index in [2.05, 4.69) is 10.1 Å². The molecule has 0 bridgehead atoms. The molecule has 0 amide bonds. The predicted molar refractivity (Wildman–Crippen MR) is 93.7 cm³/mol. The topological polar surface area (TPSA) is 61.9 Å². The van der Waals surface area contributed by atoms with Crippen molar-refractivity contribution >= 4 is 17.0 Å². The van der Waals surface area contributed by atoms with E-state index in [1.54, 1.807) is 24.3 Å². The highest BCUT2D eigenvalue weighted by Gasteiger charge is 2.19. The van der Waals surface area contributed by atoms with E-state index in [0.717, 1.165) is 10.3 Å². The second-order valence-electron chi connectivity index (χ2n) is 5.75. The van der Waals surface area contributed by atoms with Crippen LogP contribution in [-0.2, 0) is 11.3 Å². The second kappa shape index (κ2) is 6.99. The van der Waals surface area contributed by atoms with Crippen LogP contribution in [0.1, 0.15) is 22.7 Å². The van der Waals surface area contributed by atoms with Crippen molar-refractivity contribution in [3.05, 3.63) is 78.4 Å². The first kappa shape index (κ1) is 16.9. The highest BCUT2D eigenvalue weighted by molar-refractivity contribution is 5.88. The van der Waals surface area contributed by atoms with Gasteiger partial charge in [-0.15, -0.1) is 0 Å². The molecule has 27 heavy (non-hydrogen) atoms. The standard InChI is InChI=1S/C19H14F2N4O2/c20-19(21)25-16-9-5-4-8-15(16)23-17(25)12-27-18(26)13-10-22-24(11-13)14-6-2-1-3-7-14/h1-11,19H,12H2. The number of benzene rings is 2. The molecule has 0 N–H and O–H groups in total. The molecule has 0 aliphatic heterocycles. The Kier molecular flexibility index (Phi) is 4.37. The first-order valence-corrected chi connectivity index (χ1v) is 8.14. The van der Waals surface area contributed by atoms with Crippen LogP contribution in [-0.4, -0.2) is 25.3 Å². The number of hydrogen-bond donors (Lipinski definition) is 0. The summed E-state index contributed by atoms with van der Waals surface area (Å²) < 4.78 is 34.3. The number of aromatic nitrogens is 4. The fourth-order valence-corrected chi connectivity index (χ4v) is 2.78. The van der Waals surface area contributed by atoms with Gasteiger partial charge in [-0.05, 0) is 24.3 Å². The lowest BCUT2D eigenvalue weighted by molar-refractivity contribution is 0.0387. The molecule has 0 saturated carbocycles. The van der Waals surface area contributed by atoms with Gasteiger partial charge in [0.25, 0.3) is 0 Å². The molecule has 2 aromatic carbocycles. The van der Waals surface area contributed by atoms with Crippen LogP contribution in [0.2, 0.25) is 0 Å². The molecule has 0 saturated heterocycles. The number of alkyl halides is 2. The summed E-state index contributed by atoms with van der Waals surface area (Å²) in [4.78, 5) is 16.4. The van der Waals surface area contributed by atoms with E-state index in [4.69, 9.17) is 4.74 Å². The number of carbonyl (C=O) groups excluding carboxylic acids is 1. The van der Waals surface area contributed by atoms with E-state index >= 15 is 0 Å². The summed E-state index contributed by atoms with van der Waals surface area (Å²) in [6.07, 6.45) is 2.89. The first-order valence-electron chi connectivity index (χ1n) is 8.14. The van der Waals surface area contributed by atoms with Crippen molar-refractivity contribution in [1.29, 1.82) is 0 Å². The lowest BCUT2D eigenvalue weighted by Gasteiger charge is -2.08. The van der Waals surface area contributed by atoms with Gasteiger partial charge in [0.1, 0.15) is 6.61 Å². The second-order valence-corrected chi connectivity index (χ2v) is 5.75. The zero-order chi connectivity index (χ0) is 18.8. The first-order chi connectivity index (χ1) is 13.1. The van der Waals surface area contributed by atoms with E-state index in [1.165, 1.54) is 17.1 Å². The Morgan fingerprint density at radius 1 is 1.07 bits per heavy atom. The number of nitrogens with zero attached hydrogens (tertiary/aromatic N) is 4. The molecule has 136 valence electrons. The SMILES string of the molecule is O=C(OCc1nc2ccccc2n1C(F)F)c1cnn(-c2ccccc2)c1. The molecule has 0 atom stereocenters. The zero-order valence-corrected chi connectivity index (χ0v) is 14.0. The molecule has 2 heterocycles. The van der Waals surface area contributed by atoms with Crippen LogP contribution < -0.4 is 0 Å². The summed E-state index contributed by atoms with van der Waals surface area (Å²) >= 11 is 0. The van der Waals surface area contributed by atoms with Crippen molar-refractivity contribution < 1.29 is 18.3 Å². The Labute approximate surface area is 152 Å². The molecule has 6 nitrogen and oxygen atoms in total. The number of carbonyl (C=O) groups is 1. The van der Waals surface area contributed by atoms with Gasteiger partial charge in [-0.25, -0.2) is 14.5 Å². The molecule has 0 unspecified atom stereocenters. The molecule has 0 aliphatic carbocycles. The van der Waals surface area contributed by atoms with E-state index in [0.29, 0.717) is 5.52 Å². The van der Waals surface area contributed by atoms with Crippen molar-refractivity contribution in [2.24, 2.45) is 0 Å². The average molecular weight is 368 g/mol. The minimum atomic E-state index is -2.79. The third kappa shape index (κ3) is 3.29. The van der Waals surface area contributed by atoms with Crippen LogP contribution in [0.15, 0.2) is 67.0 Å². The van der Waals surface area contributed by atoms with Crippen LogP contribution >= 0.6 is 0 Å². The molecule has 0 fully saturated rings. The lowest BCUT2D eigenvalue weighted by Crippen LogP contribution is -2.10. The summed E-state index contributed by atoms with van der Waals surface area (Å²) in [6.45, 7) is -3.15. The lowest BCUT2D eigenvalue weighted by atomic mass is 10.3. The summed E-state index contributed by atoms with van der Waals surface area (Å²) in [7, 11) is 0. The summed E-state index contributed by atoms with van der Waals surface area (Å²) in [5.74, 6) is -0.681. The molecule has 4 aromatic rings. The minimum absolute atomic E-state index is 0.0185. The maximum Gasteiger partial charge on any atom is 0.341 e. The highest BCUT2D eigenvalue weighted by Crippen LogP contribution is 2.23. The zero-order valence-electron chi connectivity index (χ0n) is 14.0. The van der Waals surface area contributed by atoms with Gasteiger partial charge in [0.15, 0.2) is 5.82 Å². The Morgan fingerprint density at radius 2 is 1.81 bits per heavy atom. The summed E-state index contributed by atoms with van der Waals surface area (Å²) in [5.41, 5.74) is 1.71. The highest BCUT2D eigenvalue weighted by atomic mass is 19.3. The number of ether oxygens (including phenoxy) is 1. The fraction of sp³-hybridized carbons (Fsp3) is 0.105. The Hall–Kier alpha value is -3.55. The number of esters is 1. The molecule has 4 rings (SSSR count). The van der Waals surface area contributed by atoms with Crippen LogP contribution in [0.4, 0.5) is 8.78 Å². The normalized spacial score (nSPS) is 11.2. The van der Waals surface area contributed by atoms with E-state index in [-0.39, 0.29) is 23.5 Å². The van der Waals surface area contributed by atoms with Gasteiger partial charge in [0.05, 0.1) is 28.5 Å². The van der Waals surface area contributed by atoms with Gasteiger partial charge in [-0.3, -0.25) is 4.57 Å².